The van der Waals surface area contributed by atoms with Crippen LogP contribution in [0.25, 0.3) is 11.0 Å². The van der Waals surface area contributed by atoms with E-state index in [1.165, 1.54) is 5.56 Å². The molecule has 14 heavy (non-hydrogen) atoms. The van der Waals surface area contributed by atoms with Crippen LogP contribution in [-0.2, 0) is 6.42 Å². The average Bonchev–Trinajstić information content (AvgIpc) is 2.49. The monoisotopic (exact) mass is 189 g/mol. The van der Waals surface area contributed by atoms with Crippen LogP contribution in [0.2, 0.25) is 0 Å². The van der Waals surface area contributed by atoms with E-state index in [2.05, 4.69) is 42.2 Å². The summed E-state index contributed by atoms with van der Waals surface area (Å²) in [4.78, 5) is 0. The first kappa shape index (κ1) is 9.19. The quantitative estimate of drug-likeness (QED) is 0.749. The molecule has 0 radical (unpaired) electrons. The highest BCUT2D eigenvalue weighted by molar-refractivity contribution is 5.77. The van der Waals surface area contributed by atoms with E-state index >= 15 is 0 Å². The van der Waals surface area contributed by atoms with Crippen molar-refractivity contribution in [1.29, 1.82) is 0 Å². The van der Waals surface area contributed by atoms with Crippen molar-refractivity contribution in [1.82, 2.24) is 15.4 Å². The van der Waals surface area contributed by atoms with E-state index in [1.54, 1.807) is 0 Å². The second-order valence-electron chi connectivity index (χ2n) is 4.85. The van der Waals surface area contributed by atoms with Crippen molar-refractivity contribution in [2.75, 3.05) is 0 Å². The summed E-state index contributed by atoms with van der Waals surface area (Å²) < 4.78 is 0. The smallest absolute Gasteiger partial charge is 0.116 e. The zero-order valence-corrected chi connectivity index (χ0v) is 8.83. The molecular formula is C11H15N3. The maximum Gasteiger partial charge on any atom is 0.116 e. The van der Waals surface area contributed by atoms with Gasteiger partial charge in [-0.3, -0.25) is 0 Å². The first-order valence-corrected chi connectivity index (χ1v) is 4.85. The van der Waals surface area contributed by atoms with Gasteiger partial charge in [-0.1, -0.05) is 32.9 Å². The molecule has 0 unspecified atom stereocenters. The van der Waals surface area contributed by atoms with Crippen LogP contribution in [0.4, 0.5) is 0 Å². The number of benzene rings is 1. The van der Waals surface area contributed by atoms with Gasteiger partial charge in [-0.25, -0.2) is 0 Å². The summed E-state index contributed by atoms with van der Waals surface area (Å²) in [6.07, 6.45) is 1.02. The maximum absolute atomic E-state index is 4.17. The number of nitrogens with one attached hydrogen (secondary N) is 1. The Balaban J connectivity index is 2.46. The van der Waals surface area contributed by atoms with Crippen molar-refractivity contribution in [3.8, 4) is 0 Å². The molecule has 1 N–H and O–H groups in total. The van der Waals surface area contributed by atoms with Crippen molar-refractivity contribution < 1.29 is 0 Å². The minimum absolute atomic E-state index is 0.285. The van der Waals surface area contributed by atoms with Gasteiger partial charge in [0, 0.05) is 0 Å². The summed E-state index contributed by atoms with van der Waals surface area (Å²) in [5.41, 5.74) is 3.51. The van der Waals surface area contributed by atoms with Gasteiger partial charge in [0.05, 0.1) is 0 Å². The Morgan fingerprint density at radius 2 is 2.00 bits per heavy atom. The second kappa shape index (κ2) is 3.08. The molecule has 0 amide bonds. The second-order valence-corrected chi connectivity index (χ2v) is 4.85. The molecule has 2 aromatic rings. The highest BCUT2D eigenvalue weighted by Crippen LogP contribution is 2.24. The number of aromatic nitrogens is 3. The molecule has 0 aliphatic rings. The van der Waals surface area contributed by atoms with Crippen molar-refractivity contribution in [3.63, 3.8) is 0 Å². The molecule has 0 spiro atoms. The third-order valence-corrected chi connectivity index (χ3v) is 2.15. The zero-order valence-electron chi connectivity index (χ0n) is 8.83. The molecule has 0 saturated heterocycles. The Labute approximate surface area is 83.5 Å². The lowest BCUT2D eigenvalue weighted by Gasteiger charge is -2.17. The van der Waals surface area contributed by atoms with Crippen LogP contribution in [0.5, 0.6) is 0 Å². The van der Waals surface area contributed by atoms with Crippen LogP contribution in [0.15, 0.2) is 18.2 Å². The number of hydrogen-bond donors (Lipinski definition) is 1. The molecule has 0 saturated carbocycles. The van der Waals surface area contributed by atoms with Crippen LogP contribution in [0.1, 0.15) is 26.3 Å². The third kappa shape index (κ3) is 1.76. The van der Waals surface area contributed by atoms with Crippen LogP contribution < -0.4 is 0 Å². The number of hydrogen-bond acceptors (Lipinski definition) is 2. The first-order valence-electron chi connectivity index (χ1n) is 4.85. The highest BCUT2D eigenvalue weighted by Gasteiger charge is 2.14. The molecular weight excluding hydrogens is 174 g/mol. The van der Waals surface area contributed by atoms with Crippen molar-refractivity contribution in [2.45, 2.75) is 27.2 Å². The molecule has 74 valence electrons. The number of rotatable bonds is 1. The number of H-pyrrole nitrogens is 1. The summed E-state index contributed by atoms with van der Waals surface area (Å²) in [5.74, 6) is 0. The number of nitrogens with zero attached hydrogens (tertiary/aromatic N) is 2. The van der Waals surface area contributed by atoms with Crippen molar-refractivity contribution >= 4 is 11.0 Å². The van der Waals surface area contributed by atoms with E-state index in [4.69, 9.17) is 0 Å². The molecule has 3 heteroatoms. The molecule has 0 aliphatic heterocycles. The number of aromatic amines is 1. The fourth-order valence-corrected chi connectivity index (χ4v) is 1.64. The third-order valence-electron chi connectivity index (χ3n) is 2.15. The molecule has 1 aromatic heterocycles. The summed E-state index contributed by atoms with van der Waals surface area (Å²) in [6.45, 7) is 6.68. The molecule has 0 bridgehead atoms. The molecule has 2 rings (SSSR count). The lowest BCUT2D eigenvalue weighted by atomic mass is 9.88. The largest absolute Gasteiger partial charge is 0.197 e. The standard InChI is InChI=1S/C11H15N3/c1-11(2,3)7-8-5-4-6-9-10(8)13-14-12-9/h4-6H,7H2,1-3H3,(H,12,13,14). The predicted octanol–water partition coefficient (Wildman–Crippen LogP) is 2.55. The van der Waals surface area contributed by atoms with Gasteiger partial charge in [-0.2, -0.15) is 15.4 Å². The topological polar surface area (TPSA) is 41.6 Å². The van der Waals surface area contributed by atoms with Crippen molar-refractivity contribution in [3.05, 3.63) is 23.8 Å². The first-order chi connectivity index (χ1) is 6.56. The van der Waals surface area contributed by atoms with Gasteiger partial charge < -0.3 is 0 Å². The summed E-state index contributed by atoms with van der Waals surface area (Å²) >= 11 is 0. The SMILES string of the molecule is CC(C)(C)Cc1cccc2n[nH]nc12. The predicted molar refractivity (Wildman–Crippen MR) is 57.0 cm³/mol. The van der Waals surface area contributed by atoms with Crippen LogP contribution >= 0.6 is 0 Å². The maximum atomic E-state index is 4.17. The summed E-state index contributed by atoms with van der Waals surface area (Å²) in [6, 6.07) is 6.13. The molecule has 3 nitrogen and oxygen atoms in total. The molecule has 1 aromatic carbocycles. The number of fused-ring (bicyclic) bond motifs is 1. The minimum Gasteiger partial charge on any atom is -0.197 e. The summed E-state index contributed by atoms with van der Waals surface area (Å²) in [7, 11) is 0. The molecule has 1 heterocycles. The van der Waals surface area contributed by atoms with E-state index in [9.17, 15) is 0 Å². The van der Waals surface area contributed by atoms with Gasteiger partial charge in [0.2, 0.25) is 0 Å². The summed E-state index contributed by atoms with van der Waals surface area (Å²) in [5, 5.41) is 10.9. The van der Waals surface area contributed by atoms with E-state index in [0.29, 0.717) is 0 Å². The van der Waals surface area contributed by atoms with Gasteiger partial charge in [0.25, 0.3) is 0 Å². The Bertz CT molecular complexity index is 437. The van der Waals surface area contributed by atoms with E-state index in [1.807, 2.05) is 12.1 Å². The highest BCUT2D eigenvalue weighted by atomic mass is 15.3. The normalized spacial score (nSPS) is 12.2. The lowest BCUT2D eigenvalue weighted by molar-refractivity contribution is 0.412. The minimum atomic E-state index is 0.285. The Morgan fingerprint density at radius 1 is 1.21 bits per heavy atom. The Kier molecular flexibility index (Phi) is 2.02. The number of para-hydroxylation sites is 1. The Hall–Kier alpha value is -1.38. The Morgan fingerprint density at radius 3 is 2.71 bits per heavy atom. The van der Waals surface area contributed by atoms with Gasteiger partial charge in [0.15, 0.2) is 0 Å². The lowest BCUT2D eigenvalue weighted by Crippen LogP contribution is -2.09. The fourth-order valence-electron chi connectivity index (χ4n) is 1.64. The van der Waals surface area contributed by atoms with Gasteiger partial charge in [0.1, 0.15) is 11.0 Å². The van der Waals surface area contributed by atoms with E-state index < -0.39 is 0 Å². The van der Waals surface area contributed by atoms with E-state index in [0.717, 1.165) is 17.5 Å². The van der Waals surface area contributed by atoms with E-state index in [-0.39, 0.29) is 5.41 Å². The van der Waals surface area contributed by atoms with Crippen molar-refractivity contribution in [2.24, 2.45) is 5.41 Å². The molecule has 0 atom stereocenters. The molecule has 0 aliphatic carbocycles. The van der Waals surface area contributed by atoms with Crippen LogP contribution in [-0.4, -0.2) is 15.4 Å². The molecule has 0 fully saturated rings. The van der Waals surface area contributed by atoms with Gasteiger partial charge in [-0.05, 0) is 23.5 Å². The van der Waals surface area contributed by atoms with Gasteiger partial charge in [-0.15, -0.1) is 0 Å². The van der Waals surface area contributed by atoms with Crippen LogP contribution in [0.3, 0.4) is 0 Å². The fraction of sp³-hybridized carbons (Fsp3) is 0.455. The average molecular weight is 189 g/mol. The van der Waals surface area contributed by atoms with Crippen LogP contribution in [0, 0.1) is 5.41 Å². The zero-order chi connectivity index (χ0) is 10.2. The van der Waals surface area contributed by atoms with Gasteiger partial charge >= 0.3 is 0 Å².